The van der Waals surface area contributed by atoms with Gasteiger partial charge in [-0.1, -0.05) is 165 Å². The zero-order valence-corrected chi connectivity index (χ0v) is 42.5. The molecule has 0 spiro atoms. The standard InChI is InChI=1S/C57H69N7O11/c1-44(49-32-17-8-18-33-49)75-52(51(66)58-35-21-22-38-64(57(70)74-43-48-30-15-7-16-31-48)39-23-37-60-54(67)71-40-45-24-9-4-10-25-45)61-50(65)34-19-2-3-20-36-59-53(62-55(68)72-41-46-26-11-5-12-27-46)63-56(69)73-42-47-28-13-6-14-29-47/h4-18,24-33,44,52H,2-3,19-23,34-43H2,1H3,(H,58,66)(H,60,67)(H,61,65)(H2,59,62,63,68,69)/t44-,52+/m0/s1. The normalized spacial score (nSPS) is 11.4. The maximum Gasteiger partial charge on any atom is 0.414 e. The molecule has 0 aliphatic rings. The fourth-order valence-corrected chi connectivity index (χ4v) is 7.22. The van der Waals surface area contributed by atoms with Gasteiger partial charge in [0.1, 0.15) is 26.4 Å². The molecule has 5 aromatic carbocycles. The number of nitrogens with zero attached hydrogens (tertiary/aromatic N) is 2. The van der Waals surface area contributed by atoms with Crippen LogP contribution in [0.5, 0.6) is 0 Å². The van der Waals surface area contributed by atoms with Gasteiger partial charge in [-0.15, -0.1) is 0 Å². The van der Waals surface area contributed by atoms with Crippen molar-refractivity contribution in [1.82, 2.24) is 31.5 Å². The fourth-order valence-electron chi connectivity index (χ4n) is 7.22. The average Bonchev–Trinajstić information content (AvgIpc) is 3.44. The maximum atomic E-state index is 13.6. The van der Waals surface area contributed by atoms with E-state index in [1.165, 1.54) is 0 Å². The lowest BCUT2D eigenvalue weighted by molar-refractivity contribution is -0.145. The molecule has 75 heavy (non-hydrogen) atoms. The van der Waals surface area contributed by atoms with Gasteiger partial charge in [0.15, 0.2) is 0 Å². The highest BCUT2D eigenvalue weighted by molar-refractivity contribution is 6.01. The highest BCUT2D eigenvalue weighted by Gasteiger charge is 2.25. The molecule has 0 saturated carbocycles. The molecule has 0 unspecified atom stereocenters. The largest absolute Gasteiger partial charge is 0.445 e. The molecule has 18 nitrogen and oxygen atoms in total. The van der Waals surface area contributed by atoms with Gasteiger partial charge in [-0.3, -0.25) is 25.2 Å². The number of guanidine groups is 1. The molecular formula is C57H69N7O11. The van der Waals surface area contributed by atoms with E-state index in [1.807, 2.05) is 152 Å². The third-order valence-corrected chi connectivity index (χ3v) is 11.3. The van der Waals surface area contributed by atoms with Crippen molar-refractivity contribution in [2.45, 2.75) is 97.0 Å². The number of carbonyl (C=O) groups is 6. The lowest BCUT2D eigenvalue weighted by Crippen LogP contribution is -2.49. The number of hydrogen-bond donors (Lipinski definition) is 5. The SMILES string of the molecule is C[C@H](O[C@@H](NC(=O)CCCCCCN=C(NC(=O)OCc1ccccc1)NC(=O)OCc1ccccc1)C(=O)NCCCCN(CCCNC(=O)OCc1ccccc1)C(=O)OCc1ccccc1)c1ccccc1. The van der Waals surface area contributed by atoms with Crippen LogP contribution in [-0.2, 0) is 59.7 Å². The molecule has 0 saturated heterocycles. The molecule has 18 heteroatoms. The molecule has 0 bridgehead atoms. The summed E-state index contributed by atoms with van der Waals surface area (Å²) in [4.78, 5) is 83.6. The Morgan fingerprint density at radius 2 is 0.947 bits per heavy atom. The van der Waals surface area contributed by atoms with E-state index < -0.39 is 42.6 Å². The van der Waals surface area contributed by atoms with Crippen LogP contribution in [0, 0.1) is 0 Å². The summed E-state index contributed by atoms with van der Waals surface area (Å²) in [7, 11) is 0. The van der Waals surface area contributed by atoms with Crippen LogP contribution in [0.25, 0.3) is 0 Å². The third kappa shape index (κ3) is 24.4. The second-order valence-corrected chi connectivity index (χ2v) is 17.3. The Morgan fingerprint density at radius 3 is 1.48 bits per heavy atom. The number of ether oxygens (including phenoxy) is 5. The summed E-state index contributed by atoms with van der Waals surface area (Å²) in [5.74, 6) is -1.00. The third-order valence-electron chi connectivity index (χ3n) is 11.3. The summed E-state index contributed by atoms with van der Waals surface area (Å²) < 4.78 is 27.7. The number of carbonyl (C=O) groups excluding carboxylic acids is 6. The van der Waals surface area contributed by atoms with Crippen molar-refractivity contribution in [1.29, 1.82) is 0 Å². The van der Waals surface area contributed by atoms with Crippen molar-refractivity contribution in [3.8, 4) is 0 Å². The molecule has 0 heterocycles. The fraction of sp³-hybridized carbons (Fsp3) is 0.351. The first-order valence-corrected chi connectivity index (χ1v) is 25.3. The van der Waals surface area contributed by atoms with Crippen molar-refractivity contribution in [2.24, 2.45) is 4.99 Å². The van der Waals surface area contributed by atoms with E-state index in [0.717, 1.165) is 27.8 Å². The Kier molecular flexibility index (Phi) is 26.3. The number of unbranched alkanes of at least 4 members (excludes halogenated alkanes) is 4. The second kappa shape index (κ2) is 34.2. The maximum absolute atomic E-state index is 13.6. The first kappa shape index (κ1) is 57.6. The summed E-state index contributed by atoms with van der Waals surface area (Å²) in [6.07, 6.45) is -0.449. The van der Waals surface area contributed by atoms with Crippen LogP contribution in [0.15, 0.2) is 157 Å². The predicted octanol–water partition coefficient (Wildman–Crippen LogP) is 9.22. The number of hydrogen-bond acceptors (Lipinski definition) is 12. The molecule has 0 fully saturated rings. The van der Waals surface area contributed by atoms with E-state index in [-0.39, 0.29) is 64.3 Å². The molecular weight excluding hydrogens is 959 g/mol. The highest BCUT2D eigenvalue weighted by Crippen LogP contribution is 2.18. The monoisotopic (exact) mass is 1030 g/mol. The lowest BCUT2D eigenvalue weighted by atomic mass is 10.1. The van der Waals surface area contributed by atoms with E-state index in [1.54, 1.807) is 11.8 Å². The molecule has 2 atom stereocenters. The summed E-state index contributed by atoms with van der Waals surface area (Å²) >= 11 is 0. The van der Waals surface area contributed by atoms with Gasteiger partial charge in [-0.2, -0.15) is 0 Å². The number of nitrogens with one attached hydrogen (secondary N) is 5. The van der Waals surface area contributed by atoms with Gasteiger partial charge in [0.2, 0.25) is 18.1 Å². The minimum absolute atomic E-state index is 0.0194. The minimum Gasteiger partial charge on any atom is -0.445 e. The van der Waals surface area contributed by atoms with Crippen LogP contribution >= 0.6 is 0 Å². The second-order valence-electron chi connectivity index (χ2n) is 17.3. The van der Waals surface area contributed by atoms with E-state index in [4.69, 9.17) is 23.7 Å². The van der Waals surface area contributed by atoms with Crippen molar-refractivity contribution in [3.63, 3.8) is 0 Å². The Labute approximate surface area is 438 Å². The molecule has 398 valence electrons. The Morgan fingerprint density at radius 1 is 0.493 bits per heavy atom. The average molecular weight is 1030 g/mol. The molecule has 0 aliphatic carbocycles. The number of aliphatic imine (C=N–C) groups is 1. The smallest absolute Gasteiger partial charge is 0.414 e. The molecule has 0 radical (unpaired) electrons. The molecule has 6 amide bonds. The molecule has 5 N–H and O–H groups in total. The quantitative estimate of drug-likeness (QED) is 0.00998. The zero-order valence-electron chi connectivity index (χ0n) is 42.5. The number of rotatable bonds is 29. The first-order chi connectivity index (χ1) is 36.6. The van der Waals surface area contributed by atoms with Crippen LogP contribution in [0.4, 0.5) is 19.2 Å². The topological polar surface area (TPSA) is 224 Å². The number of amides is 6. The molecule has 5 rings (SSSR count). The minimum atomic E-state index is -1.28. The first-order valence-electron chi connectivity index (χ1n) is 25.3. The van der Waals surface area contributed by atoms with Crippen molar-refractivity contribution < 1.29 is 52.5 Å². The van der Waals surface area contributed by atoms with Crippen molar-refractivity contribution >= 4 is 42.1 Å². The van der Waals surface area contributed by atoms with Gasteiger partial charge < -0.3 is 44.5 Å². The lowest BCUT2D eigenvalue weighted by Gasteiger charge is -2.24. The highest BCUT2D eigenvalue weighted by atomic mass is 16.6. The van der Waals surface area contributed by atoms with Crippen molar-refractivity contribution in [2.75, 3.05) is 32.7 Å². The van der Waals surface area contributed by atoms with E-state index in [9.17, 15) is 28.8 Å². The van der Waals surface area contributed by atoms with Gasteiger partial charge in [0.25, 0.3) is 5.91 Å². The van der Waals surface area contributed by atoms with Gasteiger partial charge in [0, 0.05) is 39.1 Å². The van der Waals surface area contributed by atoms with Crippen LogP contribution in [0.3, 0.4) is 0 Å². The van der Waals surface area contributed by atoms with Gasteiger partial charge >= 0.3 is 24.4 Å². The summed E-state index contributed by atoms with van der Waals surface area (Å²) in [6, 6.07) is 46.4. The van der Waals surface area contributed by atoms with E-state index in [0.29, 0.717) is 58.0 Å². The Bertz CT molecular complexity index is 2430. The predicted molar refractivity (Wildman–Crippen MR) is 282 cm³/mol. The van der Waals surface area contributed by atoms with E-state index >= 15 is 0 Å². The molecule has 0 aromatic heterocycles. The Balaban J connectivity index is 1.06. The number of benzene rings is 5. The Hall–Kier alpha value is -8.25. The van der Waals surface area contributed by atoms with Gasteiger partial charge in [-0.05, 0) is 66.8 Å². The van der Waals surface area contributed by atoms with Gasteiger partial charge in [0.05, 0.1) is 6.10 Å². The molecule has 0 aliphatic heterocycles. The van der Waals surface area contributed by atoms with Gasteiger partial charge in [-0.25, -0.2) is 19.2 Å². The van der Waals surface area contributed by atoms with Crippen LogP contribution in [-0.4, -0.2) is 86.0 Å². The van der Waals surface area contributed by atoms with Crippen LogP contribution in [0.2, 0.25) is 0 Å². The number of alkyl carbamates (subject to hydrolysis) is 3. The van der Waals surface area contributed by atoms with Crippen LogP contribution < -0.4 is 26.6 Å². The summed E-state index contributed by atoms with van der Waals surface area (Å²) in [5, 5.41) is 13.3. The van der Waals surface area contributed by atoms with Crippen LogP contribution in [0.1, 0.15) is 92.2 Å². The summed E-state index contributed by atoms with van der Waals surface area (Å²) in [5.41, 5.74) is 4.12. The van der Waals surface area contributed by atoms with E-state index in [2.05, 4.69) is 31.6 Å². The summed E-state index contributed by atoms with van der Waals surface area (Å²) in [6.45, 7) is 3.49. The van der Waals surface area contributed by atoms with Crippen molar-refractivity contribution in [3.05, 3.63) is 179 Å². The zero-order chi connectivity index (χ0) is 53.1. The molecule has 5 aromatic rings.